The van der Waals surface area contributed by atoms with Crippen molar-refractivity contribution in [3.8, 4) is 11.1 Å². The highest BCUT2D eigenvalue weighted by Crippen LogP contribution is 2.43. The molecule has 2 nitrogen and oxygen atoms in total. The highest BCUT2D eigenvalue weighted by Gasteiger charge is 2.18. The van der Waals surface area contributed by atoms with Gasteiger partial charge in [-0.15, -0.1) is 0 Å². The number of nitrogens with zero attached hydrogens (tertiary/aromatic N) is 1. The van der Waals surface area contributed by atoms with Crippen LogP contribution < -0.4 is 10.6 Å². The minimum Gasteiger partial charge on any atom is -0.398 e. The van der Waals surface area contributed by atoms with Gasteiger partial charge < -0.3 is 10.6 Å². The van der Waals surface area contributed by atoms with Crippen LogP contribution >= 0.6 is 0 Å². The number of aryl methyl sites for hydroxylation is 2. The molecule has 2 N–H and O–H groups in total. The Hall–Kier alpha value is -3.52. The van der Waals surface area contributed by atoms with Crippen LogP contribution in [0.3, 0.4) is 0 Å². The summed E-state index contributed by atoms with van der Waals surface area (Å²) in [6, 6.07) is 33.7. The van der Waals surface area contributed by atoms with E-state index in [-0.39, 0.29) is 0 Å². The van der Waals surface area contributed by atoms with Gasteiger partial charge in [0, 0.05) is 22.6 Å². The molecule has 28 heavy (non-hydrogen) atoms. The maximum atomic E-state index is 6.47. The van der Waals surface area contributed by atoms with Gasteiger partial charge in [0.1, 0.15) is 0 Å². The SMILES string of the molecule is Cc1ccc(N(c2ccc(C)cc2)c2cccc(N)c2-c2ccccc2)cc1. The zero-order valence-electron chi connectivity index (χ0n) is 16.3. The molecule has 138 valence electrons. The van der Waals surface area contributed by atoms with Crippen LogP contribution in [0.4, 0.5) is 22.7 Å². The number of hydrogen-bond acceptors (Lipinski definition) is 2. The third-order valence-corrected chi connectivity index (χ3v) is 4.96. The van der Waals surface area contributed by atoms with Crippen molar-refractivity contribution in [1.82, 2.24) is 0 Å². The van der Waals surface area contributed by atoms with Crippen molar-refractivity contribution >= 4 is 22.7 Å². The molecule has 0 atom stereocenters. The van der Waals surface area contributed by atoms with E-state index in [4.69, 9.17) is 5.73 Å². The highest BCUT2D eigenvalue weighted by atomic mass is 15.1. The van der Waals surface area contributed by atoms with Gasteiger partial charge in [-0.2, -0.15) is 0 Å². The number of hydrogen-bond donors (Lipinski definition) is 1. The van der Waals surface area contributed by atoms with Crippen LogP contribution in [0.5, 0.6) is 0 Å². The second kappa shape index (κ2) is 7.61. The van der Waals surface area contributed by atoms with Crippen LogP contribution in [0.25, 0.3) is 11.1 Å². The first-order chi connectivity index (χ1) is 13.6. The lowest BCUT2D eigenvalue weighted by Crippen LogP contribution is -2.12. The predicted molar refractivity (Wildman–Crippen MR) is 120 cm³/mol. The third kappa shape index (κ3) is 3.49. The van der Waals surface area contributed by atoms with Gasteiger partial charge in [-0.25, -0.2) is 0 Å². The van der Waals surface area contributed by atoms with Gasteiger partial charge in [0.15, 0.2) is 0 Å². The van der Waals surface area contributed by atoms with Gasteiger partial charge in [0.25, 0.3) is 0 Å². The van der Waals surface area contributed by atoms with Crippen molar-refractivity contribution < 1.29 is 0 Å². The molecule has 0 aromatic heterocycles. The first kappa shape index (κ1) is 17.9. The molecule has 0 unspecified atom stereocenters. The van der Waals surface area contributed by atoms with Gasteiger partial charge in [0.2, 0.25) is 0 Å². The van der Waals surface area contributed by atoms with E-state index < -0.39 is 0 Å². The molecule has 0 spiro atoms. The maximum Gasteiger partial charge on any atom is 0.0560 e. The number of nitrogens with two attached hydrogens (primary N) is 1. The first-order valence-corrected chi connectivity index (χ1v) is 9.51. The van der Waals surface area contributed by atoms with Crippen molar-refractivity contribution in [3.63, 3.8) is 0 Å². The molecule has 0 heterocycles. The molecular weight excluding hydrogens is 340 g/mol. The van der Waals surface area contributed by atoms with E-state index in [9.17, 15) is 0 Å². The molecule has 0 radical (unpaired) electrons. The van der Waals surface area contributed by atoms with E-state index in [0.717, 1.165) is 33.9 Å². The third-order valence-electron chi connectivity index (χ3n) is 4.96. The Morgan fingerprint density at radius 3 is 1.64 bits per heavy atom. The first-order valence-electron chi connectivity index (χ1n) is 9.51. The van der Waals surface area contributed by atoms with E-state index in [0.29, 0.717) is 0 Å². The molecule has 4 rings (SSSR count). The zero-order valence-corrected chi connectivity index (χ0v) is 16.3. The lowest BCUT2D eigenvalue weighted by Gasteiger charge is -2.28. The monoisotopic (exact) mass is 364 g/mol. The summed E-state index contributed by atoms with van der Waals surface area (Å²) in [6.07, 6.45) is 0. The van der Waals surface area contributed by atoms with Gasteiger partial charge in [-0.3, -0.25) is 0 Å². The van der Waals surface area contributed by atoms with Crippen LogP contribution in [0, 0.1) is 13.8 Å². The Morgan fingerprint density at radius 2 is 1.11 bits per heavy atom. The smallest absolute Gasteiger partial charge is 0.0560 e. The Bertz CT molecular complexity index is 1020. The van der Waals surface area contributed by atoms with Crippen molar-refractivity contribution in [1.29, 1.82) is 0 Å². The summed E-state index contributed by atoms with van der Waals surface area (Å²) in [5.74, 6) is 0. The summed E-state index contributed by atoms with van der Waals surface area (Å²) in [5.41, 5.74) is 15.2. The van der Waals surface area contributed by atoms with Crippen LogP contribution in [0.15, 0.2) is 97.1 Å². The highest BCUT2D eigenvalue weighted by molar-refractivity contribution is 5.93. The second-order valence-corrected chi connectivity index (χ2v) is 7.11. The fourth-order valence-corrected chi connectivity index (χ4v) is 3.48. The normalized spacial score (nSPS) is 10.6. The summed E-state index contributed by atoms with van der Waals surface area (Å²) >= 11 is 0. The van der Waals surface area contributed by atoms with Crippen molar-refractivity contribution in [2.45, 2.75) is 13.8 Å². The Morgan fingerprint density at radius 1 is 0.571 bits per heavy atom. The van der Waals surface area contributed by atoms with Gasteiger partial charge in [-0.1, -0.05) is 71.8 Å². The fraction of sp³-hybridized carbons (Fsp3) is 0.0769. The molecule has 0 saturated heterocycles. The van der Waals surface area contributed by atoms with Gasteiger partial charge in [0.05, 0.1) is 5.69 Å². The van der Waals surface area contributed by atoms with Crippen molar-refractivity contribution in [2.75, 3.05) is 10.6 Å². The summed E-state index contributed by atoms with van der Waals surface area (Å²) in [5, 5.41) is 0. The second-order valence-electron chi connectivity index (χ2n) is 7.11. The van der Waals surface area contributed by atoms with Crippen LogP contribution in [-0.2, 0) is 0 Å². The average molecular weight is 364 g/mol. The molecule has 0 aliphatic rings. The quantitative estimate of drug-likeness (QED) is 0.394. The topological polar surface area (TPSA) is 29.3 Å². The lowest BCUT2D eigenvalue weighted by atomic mass is 9.99. The molecule has 2 heteroatoms. The number of nitrogen functional groups attached to an aromatic ring is 1. The van der Waals surface area contributed by atoms with Crippen molar-refractivity contribution in [2.24, 2.45) is 0 Å². The molecular formula is C26H24N2. The van der Waals surface area contributed by atoms with Gasteiger partial charge in [-0.05, 0) is 55.8 Å². The number of anilines is 4. The van der Waals surface area contributed by atoms with E-state index in [1.165, 1.54) is 11.1 Å². The molecule has 4 aromatic rings. The summed E-state index contributed by atoms with van der Waals surface area (Å²) in [6.45, 7) is 4.21. The predicted octanol–water partition coefficient (Wildman–Crippen LogP) is 7.02. The number of benzene rings is 4. The van der Waals surface area contributed by atoms with Crippen LogP contribution in [0.2, 0.25) is 0 Å². The summed E-state index contributed by atoms with van der Waals surface area (Å²) < 4.78 is 0. The molecule has 0 aliphatic heterocycles. The summed E-state index contributed by atoms with van der Waals surface area (Å²) in [4.78, 5) is 2.28. The van der Waals surface area contributed by atoms with E-state index >= 15 is 0 Å². The largest absolute Gasteiger partial charge is 0.398 e. The molecule has 0 fully saturated rings. The molecule has 0 bridgehead atoms. The lowest BCUT2D eigenvalue weighted by molar-refractivity contribution is 1.27. The van der Waals surface area contributed by atoms with Crippen LogP contribution in [0.1, 0.15) is 11.1 Å². The molecule has 0 aliphatic carbocycles. The Balaban J connectivity index is 1.96. The minimum absolute atomic E-state index is 0.771. The zero-order chi connectivity index (χ0) is 19.5. The fourth-order valence-electron chi connectivity index (χ4n) is 3.48. The maximum absolute atomic E-state index is 6.47. The van der Waals surface area contributed by atoms with E-state index in [1.54, 1.807) is 0 Å². The molecule has 0 saturated carbocycles. The average Bonchev–Trinajstić information content (AvgIpc) is 2.72. The number of rotatable bonds is 4. The minimum atomic E-state index is 0.771. The molecule has 0 amide bonds. The van der Waals surface area contributed by atoms with Crippen molar-refractivity contribution in [3.05, 3.63) is 108 Å². The molecule has 4 aromatic carbocycles. The summed E-state index contributed by atoms with van der Waals surface area (Å²) in [7, 11) is 0. The Kier molecular flexibility index (Phi) is 4.86. The Labute approximate surface area is 166 Å². The van der Waals surface area contributed by atoms with E-state index in [2.05, 4.69) is 85.5 Å². The van der Waals surface area contributed by atoms with Gasteiger partial charge >= 0.3 is 0 Å². The van der Waals surface area contributed by atoms with Crippen LogP contribution in [-0.4, -0.2) is 0 Å². The van der Waals surface area contributed by atoms with E-state index in [1.807, 2.05) is 30.3 Å². The standard InChI is InChI=1S/C26H24N2/c1-19-11-15-22(16-12-19)28(23-17-13-20(2)14-18-23)25-10-6-9-24(27)26(25)21-7-4-3-5-8-21/h3-18H,27H2,1-2H3.